The number of likely N-dealkylation sites (N-methyl/N-ethyl adjacent to an activating group) is 1. The summed E-state index contributed by atoms with van der Waals surface area (Å²) in [7, 11) is 2.05. The number of aromatic nitrogens is 4. The molecule has 2 aromatic heterocycles. The fourth-order valence-electron chi connectivity index (χ4n) is 2.84. The molecule has 0 aromatic carbocycles. The molecule has 0 unspecified atom stereocenters. The first-order chi connectivity index (χ1) is 11.3. The Morgan fingerprint density at radius 2 is 1.83 bits per heavy atom. The van der Waals surface area contributed by atoms with Crippen molar-refractivity contribution in [2.24, 2.45) is 0 Å². The van der Waals surface area contributed by atoms with Gasteiger partial charge in [0, 0.05) is 39.1 Å². The van der Waals surface area contributed by atoms with Crippen molar-refractivity contribution in [2.75, 3.05) is 36.5 Å². The molecule has 0 saturated carbocycles. The second-order valence-electron chi connectivity index (χ2n) is 6.04. The molecule has 2 aromatic rings. The molecule has 0 atom stereocenters. The van der Waals surface area contributed by atoms with E-state index in [-0.39, 0.29) is 0 Å². The Bertz CT molecular complexity index is 595. The van der Waals surface area contributed by atoms with E-state index in [9.17, 15) is 0 Å². The van der Waals surface area contributed by atoms with Gasteiger partial charge in [-0.05, 0) is 37.0 Å². The summed E-state index contributed by atoms with van der Waals surface area (Å²) in [5.41, 5.74) is 1.28. The minimum absolute atomic E-state index is 0.764. The highest BCUT2D eigenvalue weighted by atomic mass is 15.3. The van der Waals surface area contributed by atoms with E-state index in [2.05, 4.69) is 44.2 Å². The van der Waals surface area contributed by atoms with Gasteiger partial charge in [-0.25, -0.2) is 0 Å². The first-order valence-electron chi connectivity index (χ1n) is 8.37. The summed E-state index contributed by atoms with van der Waals surface area (Å²) in [6.45, 7) is 2.96. The summed E-state index contributed by atoms with van der Waals surface area (Å²) in [4.78, 5) is 13.2. The van der Waals surface area contributed by atoms with E-state index in [0.717, 1.165) is 37.8 Å². The standard InChI is InChI=1S/C17H24N6/c1-22(13-8-15-6-9-18-10-7-15)16-14-19-21-17(20-16)23-11-4-2-3-5-12-23/h6-7,9-10,14H,2-5,8,11-13H2,1H3. The van der Waals surface area contributed by atoms with Crippen molar-refractivity contribution in [3.8, 4) is 0 Å². The minimum Gasteiger partial charge on any atom is -0.358 e. The van der Waals surface area contributed by atoms with Crippen LogP contribution in [0.25, 0.3) is 0 Å². The largest absolute Gasteiger partial charge is 0.358 e. The van der Waals surface area contributed by atoms with E-state index >= 15 is 0 Å². The summed E-state index contributed by atoms with van der Waals surface area (Å²) < 4.78 is 0. The monoisotopic (exact) mass is 312 g/mol. The Morgan fingerprint density at radius 3 is 2.57 bits per heavy atom. The van der Waals surface area contributed by atoms with Crippen molar-refractivity contribution >= 4 is 11.8 Å². The zero-order valence-corrected chi connectivity index (χ0v) is 13.7. The van der Waals surface area contributed by atoms with Crippen LogP contribution in [-0.2, 0) is 6.42 Å². The second kappa shape index (κ2) is 7.85. The van der Waals surface area contributed by atoms with Gasteiger partial charge in [0.2, 0.25) is 5.95 Å². The van der Waals surface area contributed by atoms with Gasteiger partial charge >= 0.3 is 0 Å². The third kappa shape index (κ3) is 4.37. The maximum absolute atomic E-state index is 4.72. The van der Waals surface area contributed by atoms with Crippen LogP contribution in [-0.4, -0.2) is 46.8 Å². The number of pyridine rings is 1. The average molecular weight is 312 g/mol. The predicted molar refractivity (Wildman–Crippen MR) is 91.7 cm³/mol. The fourth-order valence-corrected chi connectivity index (χ4v) is 2.84. The van der Waals surface area contributed by atoms with Gasteiger partial charge in [-0.1, -0.05) is 12.8 Å². The van der Waals surface area contributed by atoms with Gasteiger partial charge in [-0.15, -0.1) is 5.10 Å². The normalized spacial score (nSPS) is 15.3. The molecule has 0 radical (unpaired) electrons. The molecule has 0 amide bonds. The van der Waals surface area contributed by atoms with Crippen LogP contribution >= 0.6 is 0 Å². The van der Waals surface area contributed by atoms with Crippen LogP contribution in [0.2, 0.25) is 0 Å². The highest BCUT2D eigenvalue weighted by Gasteiger charge is 2.14. The van der Waals surface area contributed by atoms with E-state index in [1.807, 2.05) is 12.4 Å². The third-order valence-electron chi connectivity index (χ3n) is 4.30. The summed E-state index contributed by atoms with van der Waals surface area (Å²) in [5.74, 6) is 1.65. The first kappa shape index (κ1) is 15.6. The Kier molecular flexibility index (Phi) is 5.34. The quantitative estimate of drug-likeness (QED) is 0.844. The van der Waals surface area contributed by atoms with Gasteiger partial charge in [0.25, 0.3) is 0 Å². The summed E-state index contributed by atoms with van der Waals surface area (Å²) in [5, 5.41) is 8.40. The Hall–Kier alpha value is -2.24. The van der Waals surface area contributed by atoms with Crippen molar-refractivity contribution in [2.45, 2.75) is 32.1 Å². The number of anilines is 2. The molecule has 1 aliphatic heterocycles. The lowest BCUT2D eigenvalue weighted by atomic mass is 10.2. The maximum atomic E-state index is 4.72. The molecule has 3 rings (SSSR count). The van der Waals surface area contributed by atoms with Crippen molar-refractivity contribution in [1.82, 2.24) is 20.2 Å². The first-order valence-corrected chi connectivity index (χ1v) is 8.37. The zero-order valence-electron chi connectivity index (χ0n) is 13.7. The third-order valence-corrected chi connectivity index (χ3v) is 4.30. The molecular formula is C17H24N6. The van der Waals surface area contributed by atoms with E-state index < -0.39 is 0 Å². The molecule has 0 bridgehead atoms. The van der Waals surface area contributed by atoms with E-state index in [0.29, 0.717) is 0 Å². The van der Waals surface area contributed by atoms with Gasteiger partial charge in [0.05, 0.1) is 6.20 Å². The second-order valence-corrected chi connectivity index (χ2v) is 6.04. The molecule has 6 heteroatoms. The summed E-state index contributed by atoms with van der Waals surface area (Å²) in [6.07, 6.45) is 11.4. The van der Waals surface area contributed by atoms with E-state index in [1.54, 1.807) is 6.20 Å². The van der Waals surface area contributed by atoms with Gasteiger partial charge < -0.3 is 9.80 Å². The van der Waals surface area contributed by atoms with Crippen LogP contribution in [0.3, 0.4) is 0 Å². The molecule has 0 spiro atoms. The average Bonchev–Trinajstić information content (AvgIpc) is 2.90. The van der Waals surface area contributed by atoms with Crippen molar-refractivity contribution in [1.29, 1.82) is 0 Å². The van der Waals surface area contributed by atoms with Crippen LogP contribution < -0.4 is 9.80 Å². The lowest BCUT2D eigenvalue weighted by Gasteiger charge is -2.22. The van der Waals surface area contributed by atoms with Crippen LogP contribution in [0.1, 0.15) is 31.2 Å². The number of hydrogen-bond acceptors (Lipinski definition) is 6. The molecule has 0 N–H and O–H groups in total. The van der Waals surface area contributed by atoms with Crippen molar-refractivity contribution in [3.63, 3.8) is 0 Å². The van der Waals surface area contributed by atoms with Crippen LogP contribution in [0.15, 0.2) is 30.7 Å². The minimum atomic E-state index is 0.764. The van der Waals surface area contributed by atoms with Crippen LogP contribution in [0, 0.1) is 0 Å². The number of hydrogen-bond donors (Lipinski definition) is 0. The van der Waals surface area contributed by atoms with Gasteiger partial charge in [-0.3, -0.25) is 4.98 Å². The van der Waals surface area contributed by atoms with Gasteiger partial charge in [-0.2, -0.15) is 10.1 Å². The lowest BCUT2D eigenvalue weighted by Crippen LogP contribution is -2.28. The smallest absolute Gasteiger partial charge is 0.247 e. The lowest BCUT2D eigenvalue weighted by molar-refractivity contribution is 0.726. The molecule has 3 heterocycles. The van der Waals surface area contributed by atoms with E-state index in [1.165, 1.54) is 31.2 Å². The molecule has 122 valence electrons. The highest BCUT2D eigenvalue weighted by molar-refractivity contribution is 5.41. The van der Waals surface area contributed by atoms with Gasteiger partial charge in [0.1, 0.15) is 0 Å². The van der Waals surface area contributed by atoms with Crippen molar-refractivity contribution < 1.29 is 0 Å². The van der Waals surface area contributed by atoms with Gasteiger partial charge in [0.15, 0.2) is 5.82 Å². The Morgan fingerprint density at radius 1 is 1.09 bits per heavy atom. The maximum Gasteiger partial charge on any atom is 0.247 e. The number of nitrogens with zero attached hydrogens (tertiary/aromatic N) is 6. The van der Waals surface area contributed by atoms with Crippen LogP contribution in [0.5, 0.6) is 0 Å². The predicted octanol–water partition coefficient (Wildman–Crippen LogP) is 2.33. The van der Waals surface area contributed by atoms with Crippen molar-refractivity contribution in [3.05, 3.63) is 36.3 Å². The molecule has 1 saturated heterocycles. The molecule has 1 aliphatic rings. The molecular weight excluding hydrogens is 288 g/mol. The Balaban J connectivity index is 1.63. The summed E-state index contributed by atoms with van der Waals surface area (Å²) in [6, 6.07) is 4.10. The summed E-state index contributed by atoms with van der Waals surface area (Å²) >= 11 is 0. The molecule has 0 aliphatic carbocycles. The SMILES string of the molecule is CN(CCc1ccncc1)c1cnnc(N2CCCCCC2)n1. The van der Waals surface area contributed by atoms with E-state index in [4.69, 9.17) is 4.98 Å². The topological polar surface area (TPSA) is 58.0 Å². The molecule has 6 nitrogen and oxygen atoms in total. The van der Waals surface area contributed by atoms with Crippen LogP contribution in [0.4, 0.5) is 11.8 Å². The molecule has 23 heavy (non-hydrogen) atoms. The number of rotatable bonds is 5. The molecule has 1 fully saturated rings. The fraction of sp³-hybridized carbons (Fsp3) is 0.529. The zero-order chi connectivity index (χ0) is 15.9. The highest BCUT2D eigenvalue weighted by Crippen LogP contribution is 2.17. The Labute approximate surface area is 137 Å².